The van der Waals surface area contributed by atoms with E-state index in [0.29, 0.717) is 0 Å². The Labute approximate surface area is 332 Å². The molecule has 2 unspecified atom stereocenters. The van der Waals surface area contributed by atoms with Gasteiger partial charge in [0.1, 0.15) is 23.0 Å². The van der Waals surface area contributed by atoms with E-state index in [1.165, 1.54) is 50.1 Å². The van der Waals surface area contributed by atoms with E-state index >= 15 is 0 Å². The van der Waals surface area contributed by atoms with Gasteiger partial charge in [-0.1, -0.05) is 140 Å². The van der Waals surface area contributed by atoms with Crippen molar-refractivity contribution in [1.29, 1.82) is 0 Å². The lowest BCUT2D eigenvalue weighted by molar-refractivity contribution is 0.269. The molecule has 1 aliphatic carbocycles. The topological polar surface area (TPSA) is 25.6 Å². The number of ether oxygens (including phenoxy) is 1. The maximum atomic E-state index is 6.17. The Morgan fingerprint density at radius 3 is 1.49 bits per heavy atom. The molecule has 0 N–H and O–H groups in total. The standard InChI is InChI=1S/C54H37NO2/c1-2-8-44(9-3-1)55(45-28-22-38(23-29-45)36-14-18-40(19-15-36)42-26-32-53-49(34-42)47-10-4-6-12-51(47)56-53)46-30-24-39(25-31-46)37-16-20-41(21-17-37)43-27-33-54-50(35-43)48-11-5-7-13-52(48)57-54/h1-35,47,51H. The quantitative estimate of drug-likeness (QED) is 0.163. The molecule has 0 bridgehead atoms. The van der Waals surface area contributed by atoms with Crippen molar-refractivity contribution in [2.75, 3.05) is 4.90 Å². The van der Waals surface area contributed by atoms with Gasteiger partial charge in [-0.3, -0.25) is 0 Å². The van der Waals surface area contributed by atoms with Crippen LogP contribution in [0.5, 0.6) is 5.75 Å². The molecule has 270 valence electrons. The van der Waals surface area contributed by atoms with Gasteiger partial charge in [0.2, 0.25) is 0 Å². The van der Waals surface area contributed by atoms with Crippen LogP contribution >= 0.6 is 0 Å². The van der Waals surface area contributed by atoms with Crippen molar-refractivity contribution in [3.63, 3.8) is 0 Å². The number of anilines is 3. The van der Waals surface area contributed by atoms with E-state index < -0.39 is 0 Å². The first-order valence-electron chi connectivity index (χ1n) is 19.6. The summed E-state index contributed by atoms with van der Waals surface area (Å²) in [6, 6.07) is 67.3. The van der Waals surface area contributed by atoms with Gasteiger partial charge in [0.15, 0.2) is 0 Å². The SMILES string of the molecule is C1=CC2Oc3ccc(-c4ccc(-c5ccc(N(c6ccccc6)c6ccc(-c7ccc(-c8ccc9oc%10ccccc%10c9c8)cc7)cc6)cc5)cc4)cc3C2C=C1. The lowest BCUT2D eigenvalue weighted by Gasteiger charge is -2.26. The van der Waals surface area contributed by atoms with Crippen LogP contribution in [0.1, 0.15) is 11.5 Å². The Kier molecular flexibility index (Phi) is 7.96. The number of rotatable bonds is 7. The van der Waals surface area contributed by atoms with E-state index in [2.05, 4.69) is 205 Å². The molecule has 9 aromatic rings. The second kappa shape index (κ2) is 13.7. The van der Waals surface area contributed by atoms with Crippen molar-refractivity contribution in [2.45, 2.75) is 12.0 Å². The molecule has 11 rings (SSSR count). The molecular formula is C54H37NO2. The lowest BCUT2D eigenvalue weighted by atomic mass is 9.90. The smallest absolute Gasteiger partial charge is 0.135 e. The molecule has 1 aromatic heterocycles. The van der Waals surface area contributed by atoms with Crippen molar-refractivity contribution in [3.05, 3.63) is 218 Å². The van der Waals surface area contributed by atoms with E-state index in [-0.39, 0.29) is 12.0 Å². The molecule has 8 aromatic carbocycles. The molecule has 0 spiro atoms. The highest BCUT2D eigenvalue weighted by Crippen LogP contribution is 2.43. The molecule has 0 radical (unpaired) electrons. The van der Waals surface area contributed by atoms with Gasteiger partial charge in [0, 0.05) is 39.3 Å². The number of allylic oxidation sites excluding steroid dienone is 2. The summed E-state index contributed by atoms with van der Waals surface area (Å²) in [6.07, 6.45) is 8.68. The zero-order chi connectivity index (χ0) is 37.7. The average molecular weight is 732 g/mol. The number of hydrogen-bond donors (Lipinski definition) is 0. The minimum atomic E-state index is 0.101. The van der Waals surface area contributed by atoms with Crippen LogP contribution in [0.2, 0.25) is 0 Å². The molecule has 57 heavy (non-hydrogen) atoms. The molecule has 1 aliphatic heterocycles. The highest BCUT2D eigenvalue weighted by Gasteiger charge is 2.32. The summed E-state index contributed by atoms with van der Waals surface area (Å²) in [6.45, 7) is 0. The number of nitrogens with zero attached hydrogens (tertiary/aromatic N) is 1. The minimum Gasteiger partial charge on any atom is -0.485 e. The van der Waals surface area contributed by atoms with Crippen molar-refractivity contribution in [3.8, 4) is 50.3 Å². The van der Waals surface area contributed by atoms with Crippen LogP contribution in [-0.2, 0) is 0 Å². The molecular weight excluding hydrogens is 695 g/mol. The Morgan fingerprint density at radius 2 is 0.842 bits per heavy atom. The molecule has 2 heterocycles. The first-order valence-corrected chi connectivity index (χ1v) is 19.6. The summed E-state index contributed by atoms with van der Waals surface area (Å²) < 4.78 is 12.2. The minimum absolute atomic E-state index is 0.101. The molecule has 3 heteroatoms. The van der Waals surface area contributed by atoms with Crippen LogP contribution in [0.15, 0.2) is 217 Å². The Balaban J connectivity index is 0.833. The number of furan rings is 1. The summed E-state index contributed by atoms with van der Waals surface area (Å²) in [7, 11) is 0. The number of hydrogen-bond acceptors (Lipinski definition) is 3. The normalized spacial score (nSPS) is 15.4. The highest BCUT2D eigenvalue weighted by atomic mass is 16.5. The van der Waals surface area contributed by atoms with Crippen molar-refractivity contribution in [2.24, 2.45) is 0 Å². The Hall–Kier alpha value is -7.36. The molecule has 3 nitrogen and oxygen atoms in total. The van der Waals surface area contributed by atoms with Crippen LogP contribution < -0.4 is 9.64 Å². The van der Waals surface area contributed by atoms with Gasteiger partial charge in [-0.25, -0.2) is 0 Å². The maximum Gasteiger partial charge on any atom is 0.135 e. The van der Waals surface area contributed by atoms with Gasteiger partial charge >= 0.3 is 0 Å². The van der Waals surface area contributed by atoms with Crippen molar-refractivity contribution in [1.82, 2.24) is 0 Å². The highest BCUT2D eigenvalue weighted by molar-refractivity contribution is 6.06. The van der Waals surface area contributed by atoms with Gasteiger partial charge < -0.3 is 14.1 Å². The van der Waals surface area contributed by atoms with Crippen LogP contribution in [0.3, 0.4) is 0 Å². The third-order valence-corrected chi connectivity index (χ3v) is 11.5. The fourth-order valence-corrected chi connectivity index (χ4v) is 8.47. The summed E-state index contributed by atoms with van der Waals surface area (Å²) in [5.41, 5.74) is 15.9. The predicted molar refractivity (Wildman–Crippen MR) is 236 cm³/mol. The third-order valence-electron chi connectivity index (χ3n) is 11.5. The second-order valence-corrected chi connectivity index (χ2v) is 14.9. The first-order chi connectivity index (χ1) is 28.2. The van der Waals surface area contributed by atoms with Crippen LogP contribution in [0.4, 0.5) is 17.1 Å². The van der Waals surface area contributed by atoms with Gasteiger partial charge in [0.25, 0.3) is 0 Å². The number of para-hydroxylation sites is 2. The largest absolute Gasteiger partial charge is 0.485 e. The Bertz CT molecular complexity index is 2960. The molecule has 0 saturated carbocycles. The zero-order valence-electron chi connectivity index (χ0n) is 31.1. The monoisotopic (exact) mass is 731 g/mol. The van der Waals surface area contributed by atoms with Crippen LogP contribution in [0.25, 0.3) is 66.4 Å². The number of benzene rings is 8. The van der Waals surface area contributed by atoms with Crippen LogP contribution in [-0.4, -0.2) is 6.10 Å². The Morgan fingerprint density at radius 1 is 0.368 bits per heavy atom. The molecule has 2 atom stereocenters. The summed E-state index contributed by atoms with van der Waals surface area (Å²) >= 11 is 0. The summed E-state index contributed by atoms with van der Waals surface area (Å²) in [4.78, 5) is 2.31. The summed E-state index contributed by atoms with van der Waals surface area (Å²) in [5.74, 6) is 1.27. The molecule has 0 fully saturated rings. The molecule has 0 amide bonds. The molecule has 2 aliphatic rings. The van der Waals surface area contributed by atoms with Crippen molar-refractivity contribution < 1.29 is 9.15 Å². The van der Waals surface area contributed by atoms with E-state index in [0.717, 1.165) is 44.8 Å². The van der Waals surface area contributed by atoms with Crippen LogP contribution in [0, 0.1) is 0 Å². The van der Waals surface area contributed by atoms with E-state index in [9.17, 15) is 0 Å². The lowest BCUT2D eigenvalue weighted by Crippen LogP contribution is -2.15. The van der Waals surface area contributed by atoms with Gasteiger partial charge in [-0.2, -0.15) is 0 Å². The average Bonchev–Trinajstić information content (AvgIpc) is 3.85. The fourth-order valence-electron chi connectivity index (χ4n) is 8.47. The molecule has 0 saturated heterocycles. The van der Waals surface area contributed by atoms with E-state index in [4.69, 9.17) is 9.15 Å². The second-order valence-electron chi connectivity index (χ2n) is 14.9. The van der Waals surface area contributed by atoms with Gasteiger partial charge in [-0.15, -0.1) is 0 Å². The van der Waals surface area contributed by atoms with Gasteiger partial charge in [0.05, 0.1) is 0 Å². The van der Waals surface area contributed by atoms with E-state index in [1.807, 2.05) is 12.1 Å². The van der Waals surface area contributed by atoms with Crippen molar-refractivity contribution >= 4 is 39.0 Å². The van der Waals surface area contributed by atoms with Gasteiger partial charge in [-0.05, 0) is 117 Å². The third kappa shape index (κ3) is 6.01. The predicted octanol–water partition coefficient (Wildman–Crippen LogP) is 14.7. The number of fused-ring (bicyclic) bond motifs is 6. The zero-order valence-corrected chi connectivity index (χ0v) is 31.1. The fraction of sp³-hybridized carbons (Fsp3) is 0.0370. The summed E-state index contributed by atoms with van der Waals surface area (Å²) in [5, 5.41) is 2.29. The maximum absolute atomic E-state index is 6.17. The first kappa shape index (κ1) is 33.0. The van der Waals surface area contributed by atoms with E-state index in [1.54, 1.807) is 0 Å².